The van der Waals surface area contributed by atoms with Crippen molar-refractivity contribution in [3.05, 3.63) is 95.3 Å². The van der Waals surface area contributed by atoms with Crippen LogP contribution in [0.2, 0.25) is 0 Å². The van der Waals surface area contributed by atoms with E-state index in [1.165, 1.54) is 17.4 Å². The molecule has 0 amide bonds. The molecule has 1 aliphatic heterocycles. The minimum absolute atomic E-state index is 0.181. The van der Waals surface area contributed by atoms with Crippen LogP contribution in [0.3, 0.4) is 0 Å². The molecule has 6 nitrogen and oxygen atoms in total. The average Bonchev–Trinajstić information content (AvgIpc) is 3.31. The lowest BCUT2D eigenvalue weighted by Gasteiger charge is -2.35. The maximum absolute atomic E-state index is 14.1. The lowest BCUT2D eigenvalue weighted by Crippen LogP contribution is -2.45. The molecule has 0 saturated carbocycles. The van der Waals surface area contributed by atoms with Crippen LogP contribution in [0.1, 0.15) is 41.4 Å². The van der Waals surface area contributed by atoms with E-state index < -0.39 is 0 Å². The fourth-order valence-corrected chi connectivity index (χ4v) is 5.71. The second-order valence-electron chi connectivity index (χ2n) is 10.1. The molecule has 0 N–H and O–H groups in total. The molecule has 0 radical (unpaired) electrons. The number of anilines is 1. The van der Waals surface area contributed by atoms with Gasteiger partial charge in [-0.1, -0.05) is 24.3 Å². The van der Waals surface area contributed by atoms with E-state index in [0.717, 1.165) is 68.0 Å². The van der Waals surface area contributed by atoms with E-state index in [-0.39, 0.29) is 11.9 Å². The minimum Gasteiger partial charge on any atom is -0.355 e. The molecule has 0 bridgehead atoms. The Hall–Kier alpha value is -3.29. The van der Waals surface area contributed by atoms with Crippen LogP contribution in [0, 0.1) is 5.82 Å². The second kappa shape index (κ2) is 9.99. The molecule has 2 aliphatic rings. The van der Waals surface area contributed by atoms with Crippen LogP contribution in [-0.4, -0.2) is 57.4 Å². The molecule has 6 rings (SSSR count). The Balaban J connectivity index is 1.33. The van der Waals surface area contributed by atoms with Gasteiger partial charge < -0.3 is 9.80 Å². The van der Waals surface area contributed by atoms with Gasteiger partial charge in [-0.25, -0.2) is 9.37 Å². The molecule has 1 aliphatic carbocycles. The Labute approximate surface area is 212 Å². The molecule has 1 saturated heterocycles. The number of nitrogens with zero attached hydrogens (tertiary/aromatic N) is 6. The van der Waals surface area contributed by atoms with Gasteiger partial charge in [0.2, 0.25) is 0 Å². The van der Waals surface area contributed by atoms with E-state index in [9.17, 15) is 4.39 Å². The van der Waals surface area contributed by atoms with Gasteiger partial charge in [-0.3, -0.25) is 14.3 Å². The molecule has 186 valence electrons. The second-order valence-corrected chi connectivity index (χ2v) is 10.1. The largest absolute Gasteiger partial charge is 0.355 e. The van der Waals surface area contributed by atoms with Gasteiger partial charge in [0.15, 0.2) is 0 Å². The zero-order chi connectivity index (χ0) is 24.5. The molecule has 1 fully saturated rings. The number of imidazole rings is 1. The van der Waals surface area contributed by atoms with Crippen molar-refractivity contribution in [3.63, 3.8) is 0 Å². The van der Waals surface area contributed by atoms with Crippen LogP contribution >= 0.6 is 0 Å². The molecule has 0 spiro atoms. The van der Waals surface area contributed by atoms with Gasteiger partial charge in [-0.15, -0.1) is 0 Å². The Bertz CT molecular complexity index is 1340. The van der Waals surface area contributed by atoms with E-state index in [0.29, 0.717) is 13.1 Å². The predicted octanol–water partition coefficient (Wildman–Crippen LogP) is 4.70. The summed E-state index contributed by atoms with van der Waals surface area (Å²) < 4.78 is 16.3. The number of aryl methyl sites for hydroxylation is 1. The van der Waals surface area contributed by atoms with Gasteiger partial charge in [0.05, 0.1) is 17.4 Å². The first kappa shape index (κ1) is 23.1. The van der Waals surface area contributed by atoms with Crippen LogP contribution in [0.4, 0.5) is 10.2 Å². The summed E-state index contributed by atoms with van der Waals surface area (Å²) in [6.45, 7) is 5.48. The minimum atomic E-state index is -0.195. The number of likely N-dealkylation sites (N-methyl/N-ethyl adjacent to an activating group) is 1. The first-order chi connectivity index (χ1) is 17.6. The van der Waals surface area contributed by atoms with Crippen LogP contribution in [-0.2, 0) is 19.5 Å². The van der Waals surface area contributed by atoms with E-state index in [2.05, 4.69) is 56.6 Å². The Kier molecular flexibility index (Phi) is 6.42. The standard InChI is InChI=1S/C29H33FN6/c1-33-14-16-34(17-15-33)28-12-4-11-27-32-25(21-36(27)28)20-35(19-22-6-2-9-24(30)18-22)26-10-3-7-23-8-5-13-31-29(23)26/h2,4-6,8-9,11-13,18,21,26H,3,7,10,14-17,19-20H2,1H3/t26-/m0/s1. The molecular formula is C29H33FN6. The Morgan fingerprint density at radius 3 is 2.72 bits per heavy atom. The molecule has 0 unspecified atom stereocenters. The summed E-state index contributed by atoms with van der Waals surface area (Å²) >= 11 is 0. The molecule has 4 heterocycles. The summed E-state index contributed by atoms with van der Waals surface area (Å²) in [5.41, 5.74) is 5.44. The summed E-state index contributed by atoms with van der Waals surface area (Å²) in [5, 5.41) is 0. The summed E-state index contributed by atoms with van der Waals surface area (Å²) in [5.74, 6) is 1.000. The predicted molar refractivity (Wildman–Crippen MR) is 140 cm³/mol. The number of fused-ring (bicyclic) bond motifs is 2. The van der Waals surface area contributed by atoms with E-state index in [1.54, 1.807) is 12.1 Å². The van der Waals surface area contributed by atoms with E-state index >= 15 is 0 Å². The molecule has 7 heteroatoms. The average molecular weight is 485 g/mol. The zero-order valence-electron chi connectivity index (χ0n) is 20.9. The Morgan fingerprint density at radius 2 is 1.86 bits per heavy atom. The molecule has 3 aromatic heterocycles. The van der Waals surface area contributed by atoms with Crippen molar-refractivity contribution >= 4 is 11.5 Å². The highest BCUT2D eigenvalue weighted by Crippen LogP contribution is 2.35. The van der Waals surface area contributed by atoms with Crippen molar-refractivity contribution in [3.8, 4) is 0 Å². The summed E-state index contributed by atoms with van der Waals surface area (Å²) in [6.07, 6.45) is 7.31. The lowest BCUT2D eigenvalue weighted by molar-refractivity contribution is 0.155. The van der Waals surface area contributed by atoms with Gasteiger partial charge in [0, 0.05) is 51.7 Å². The fourth-order valence-electron chi connectivity index (χ4n) is 5.71. The van der Waals surface area contributed by atoms with Crippen molar-refractivity contribution in [2.45, 2.75) is 38.4 Å². The van der Waals surface area contributed by atoms with E-state index in [1.807, 2.05) is 18.3 Å². The highest BCUT2D eigenvalue weighted by Gasteiger charge is 2.28. The van der Waals surface area contributed by atoms with E-state index in [4.69, 9.17) is 9.97 Å². The number of halogens is 1. The SMILES string of the molecule is CN1CCN(c2cccc3nc(CN(Cc4cccc(F)c4)[C@H]4CCCc5cccnc54)cn23)CC1. The number of aromatic nitrogens is 3. The summed E-state index contributed by atoms with van der Waals surface area (Å²) in [4.78, 5) is 17.1. The third kappa shape index (κ3) is 4.73. The highest BCUT2D eigenvalue weighted by molar-refractivity contribution is 5.53. The van der Waals surface area contributed by atoms with Crippen LogP contribution in [0.15, 0.2) is 67.0 Å². The normalized spacial score (nSPS) is 18.6. The monoisotopic (exact) mass is 484 g/mol. The molecule has 36 heavy (non-hydrogen) atoms. The summed E-state index contributed by atoms with van der Waals surface area (Å²) in [6, 6.07) is 17.7. The summed E-state index contributed by atoms with van der Waals surface area (Å²) in [7, 11) is 2.18. The molecule has 4 aromatic rings. The smallest absolute Gasteiger partial charge is 0.138 e. The topological polar surface area (TPSA) is 39.9 Å². The number of hydrogen-bond acceptors (Lipinski definition) is 5. The molecular weight excluding hydrogens is 451 g/mol. The van der Waals surface area contributed by atoms with Gasteiger partial charge >= 0.3 is 0 Å². The van der Waals surface area contributed by atoms with Crippen molar-refractivity contribution in [2.24, 2.45) is 0 Å². The fraction of sp³-hybridized carbons (Fsp3) is 0.379. The van der Waals surface area contributed by atoms with Crippen LogP contribution in [0.5, 0.6) is 0 Å². The number of hydrogen-bond donors (Lipinski definition) is 0. The number of piperazine rings is 1. The van der Waals surface area contributed by atoms with Crippen molar-refractivity contribution < 1.29 is 4.39 Å². The molecule has 1 aromatic carbocycles. The maximum Gasteiger partial charge on any atom is 0.138 e. The van der Waals surface area contributed by atoms with Gasteiger partial charge in [0.25, 0.3) is 0 Å². The number of benzene rings is 1. The quantitative estimate of drug-likeness (QED) is 0.397. The third-order valence-corrected chi connectivity index (χ3v) is 7.59. The third-order valence-electron chi connectivity index (χ3n) is 7.59. The van der Waals surface area contributed by atoms with Crippen molar-refractivity contribution in [1.29, 1.82) is 0 Å². The highest BCUT2D eigenvalue weighted by atomic mass is 19.1. The first-order valence-electron chi connectivity index (χ1n) is 13.0. The molecule has 1 atom stereocenters. The lowest BCUT2D eigenvalue weighted by atomic mass is 9.90. The van der Waals surface area contributed by atoms with Crippen molar-refractivity contribution in [1.82, 2.24) is 24.2 Å². The first-order valence-corrected chi connectivity index (χ1v) is 13.0. The van der Waals surface area contributed by atoms with Crippen LogP contribution < -0.4 is 4.90 Å². The number of pyridine rings is 2. The van der Waals surface area contributed by atoms with Crippen LogP contribution in [0.25, 0.3) is 5.65 Å². The Morgan fingerprint density at radius 1 is 1.00 bits per heavy atom. The number of rotatable bonds is 6. The van der Waals surface area contributed by atoms with Gasteiger partial charge in [-0.05, 0) is 67.8 Å². The zero-order valence-corrected chi connectivity index (χ0v) is 20.9. The van der Waals surface area contributed by atoms with Gasteiger partial charge in [-0.2, -0.15) is 0 Å². The maximum atomic E-state index is 14.1. The van der Waals surface area contributed by atoms with Crippen molar-refractivity contribution in [2.75, 3.05) is 38.1 Å². The van der Waals surface area contributed by atoms with Gasteiger partial charge in [0.1, 0.15) is 17.3 Å².